The zero-order valence-electron chi connectivity index (χ0n) is 15.4. The van der Waals surface area contributed by atoms with Crippen LogP contribution in [-0.4, -0.2) is 46.2 Å². The van der Waals surface area contributed by atoms with Crippen LogP contribution in [0.25, 0.3) is 10.9 Å². The van der Waals surface area contributed by atoms with Gasteiger partial charge in [0.1, 0.15) is 5.69 Å². The number of piperidine rings is 1. The number of nitroso groups, excluding NO2 is 1. The van der Waals surface area contributed by atoms with E-state index in [1.807, 2.05) is 24.4 Å². The fraction of sp³-hybridized carbons (Fsp3) is 0.350. The van der Waals surface area contributed by atoms with Gasteiger partial charge in [-0.3, -0.25) is 5.10 Å². The van der Waals surface area contributed by atoms with Gasteiger partial charge in [-0.2, -0.15) is 5.10 Å². The molecule has 4 rings (SSSR count). The molecule has 0 amide bonds. The highest BCUT2D eigenvalue weighted by molar-refractivity contribution is 5.81. The smallest absolute Gasteiger partial charge is 0.279 e. The van der Waals surface area contributed by atoms with Crippen molar-refractivity contribution in [3.63, 3.8) is 0 Å². The van der Waals surface area contributed by atoms with Gasteiger partial charge >= 0.3 is 0 Å². The predicted molar refractivity (Wildman–Crippen MR) is 107 cm³/mol. The lowest BCUT2D eigenvalue weighted by atomic mass is 10.0. The van der Waals surface area contributed by atoms with Crippen LogP contribution in [0.2, 0.25) is 0 Å². The van der Waals surface area contributed by atoms with E-state index in [1.54, 1.807) is 6.07 Å². The third-order valence-corrected chi connectivity index (χ3v) is 5.13. The molecule has 27 heavy (non-hydrogen) atoms. The number of nitrogens with zero attached hydrogens (tertiary/aromatic N) is 3. The Balaban J connectivity index is 1.53. The molecule has 1 aliphatic heterocycles. The number of hydrogen-bond acceptors (Lipinski definition) is 5. The molecule has 1 unspecified atom stereocenters. The standard InChI is InChI=1S/C20H24N5O2/c1-24(27)20-9-14(13-26)4-7-19(20)25-8-2-3-17(12-25)22-16-5-6-18-15(10-16)11-21-23-18/h4-7,9-11,17,22,26H,2-3,8,12-13H2,1H3,(H,21,23)/q+1. The Morgan fingerprint density at radius 1 is 1.33 bits per heavy atom. The molecule has 0 radical (unpaired) electrons. The zero-order valence-corrected chi connectivity index (χ0v) is 15.4. The van der Waals surface area contributed by atoms with Crippen LogP contribution in [-0.2, 0) is 6.61 Å². The van der Waals surface area contributed by atoms with Gasteiger partial charge in [0, 0.05) is 45.9 Å². The minimum atomic E-state index is -0.0677. The highest BCUT2D eigenvalue weighted by Gasteiger charge is 2.26. The lowest BCUT2D eigenvalue weighted by Gasteiger charge is -2.35. The number of anilines is 2. The first-order valence-electron chi connectivity index (χ1n) is 9.23. The molecule has 3 N–H and O–H groups in total. The Kier molecular flexibility index (Phi) is 4.77. The van der Waals surface area contributed by atoms with Gasteiger partial charge in [-0.05, 0) is 42.7 Å². The second-order valence-electron chi connectivity index (χ2n) is 7.08. The molecule has 0 saturated carbocycles. The molecule has 0 bridgehead atoms. The summed E-state index contributed by atoms with van der Waals surface area (Å²) in [5, 5.41) is 21.1. The van der Waals surface area contributed by atoms with Crippen molar-refractivity contribution >= 4 is 28.0 Å². The second kappa shape index (κ2) is 7.36. The van der Waals surface area contributed by atoms with Gasteiger partial charge in [0.2, 0.25) is 0 Å². The molecule has 1 saturated heterocycles. The van der Waals surface area contributed by atoms with E-state index in [2.05, 4.69) is 32.5 Å². The third kappa shape index (κ3) is 3.64. The maximum absolute atomic E-state index is 12.0. The van der Waals surface area contributed by atoms with Gasteiger partial charge in [0.15, 0.2) is 7.05 Å². The number of aliphatic hydroxyl groups is 1. The lowest BCUT2D eigenvalue weighted by molar-refractivity contribution is -0.427. The SMILES string of the molecule is C[N+](=O)c1cc(CO)ccc1N1CCCC(Nc2ccc3[nH]ncc3c2)C1. The molecule has 3 aromatic rings. The van der Waals surface area contributed by atoms with Gasteiger partial charge in [-0.25, -0.2) is 0 Å². The fourth-order valence-electron chi connectivity index (χ4n) is 3.77. The van der Waals surface area contributed by atoms with Gasteiger partial charge in [-0.1, -0.05) is 6.07 Å². The third-order valence-electron chi connectivity index (χ3n) is 5.13. The highest BCUT2D eigenvalue weighted by Crippen LogP contribution is 2.32. The first kappa shape index (κ1) is 17.5. The first-order chi connectivity index (χ1) is 13.1. The van der Waals surface area contributed by atoms with Crippen LogP contribution in [0, 0.1) is 4.91 Å². The summed E-state index contributed by atoms with van der Waals surface area (Å²) < 4.78 is 0.873. The zero-order chi connectivity index (χ0) is 18.8. The number of nitrogens with one attached hydrogen (secondary N) is 2. The van der Waals surface area contributed by atoms with Crippen molar-refractivity contribution in [2.45, 2.75) is 25.5 Å². The first-order valence-corrected chi connectivity index (χ1v) is 9.23. The summed E-state index contributed by atoms with van der Waals surface area (Å²) in [7, 11) is 1.50. The van der Waals surface area contributed by atoms with E-state index < -0.39 is 0 Å². The second-order valence-corrected chi connectivity index (χ2v) is 7.08. The monoisotopic (exact) mass is 366 g/mol. The van der Waals surface area contributed by atoms with Crippen LogP contribution < -0.4 is 10.2 Å². The van der Waals surface area contributed by atoms with Crippen LogP contribution in [0.3, 0.4) is 0 Å². The van der Waals surface area contributed by atoms with E-state index in [1.165, 1.54) is 7.05 Å². The van der Waals surface area contributed by atoms with E-state index in [0.717, 1.165) is 58.5 Å². The van der Waals surface area contributed by atoms with Crippen LogP contribution >= 0.6 is 0 Å². The molecule has 1 fully saturated rings. The Hall–Kier alpha value is -2.93. The van der Waals surface area contributed by atoms with Crippen molar-refractivity contribution in [2.75, 3.05) is 30.4 Å². The molecule has 140 valence electrons. The van der Waals surface area contributed by atoms with Crippen LogP contribution in [0.4, 0.5) is 17.1 Å². The number of aliphatic hydroxyl groups excluding tert-OH is 1. The molecule has 2 heterocycles. The molecule has 0 aliphatic carbocycles. The number of rotatable bonds is 5. The summed E-state index contributed by atoms with van der Waals surface area (Å²) in [4.78, 5) is 14.3. The summed E-state index contributed by atoms with van der Waals surface area (Å²) in [6, 6.07) is 12.1. The van der Waals surface area contributed by atoms with Crippen molar-refractivity contribution < 1.29 is 9.87 Å². The molecule has 2 aromatic carbocycles. The van der Waals surface area contributed by atoms with Gasteiger partial charge in [0.05, 0.1) is 18.3 Å². The van der Waals surface area contributed by atoms with E-state index in [-0.39, 0.29) is 6.61 Å². The van der Waals surface area contributed by atoms with Crippen molar-refractivity contribution in [1.82, 2.24) is 10.2 Å². The fourth-order valence-corrected chi connectivity index (χ4v) is 3.77. The Labute approximate surface area is 157 Å². The van der Waals surface area contributed by atoms with Crippen LogP contribution in [0.15, 0.2) is 42.6 Å². The van der Waals surface area contributed by atoms with Crippen molar-refractivity contribution in [3.05, 3.63) is 53.1 Å². The van der Waals surface area contributed by atoms with Gasteiger partial charge in [-0.15, -0.1) is 0 Å². The quantitative estimate of drug-likeness (QED) is 0.604. The molecule has 1 atom stereocenters. The molecular weight excluding hydrogens is 342 g/mol. The minimum absolute atomic E-state index is 0.0677. The summed E-state index contributed by atoms with van der Waals surface area (Å²) in [5.41, 5.74) is 4.37. The summed E-state index contributed by atoms with van der Waals surface area (Å²) in [6.07, 6.45) is 3.96. The highest BCUT2D eigenvalue weighted by atomic mass is 16.3. The van der Waals surface area contributed by atoms with E-state index in [0.29, 0.717) is 11.7 Å². The number of H-pyrrole nitrogens is 1. The maximum Gasteiger partial charge on any atom is 0.279 e. The number of benzene rings is 2. The van der Waals surface area contributed by atoms with Gasteiger partial charge in [0.25, 0.3) is 5.69 Å². The van der Waals surface area contributed by atoms with Crippen molar-refractivity contribution in [3.8, 4) is 0 Å². The molecule has 7 heteroatoms. The summed E-state index contributed by atoms with van der Waals surface area (Å²) in [6.45, 7) is 1.67. The van der Waals surface area contributed by atoms with Crippen LogP contribution in [0.5, 0.6) is 0 Å². The topological polar surface area (TPSA) is 84.3 Å². The van der Waals surface area contributed by atoms with E-state index in [4.69, 9.17) is 0 Å². The van der Waals surface area contributed by atoms with E-state index >= 15 is 0 Å². The average molecular weight is 366 g/mol. The molecule has 0 spiro atoms. The number of aromatic amines is 1. The number of aromatic nitrogens is 2. The maximum atomic E-state index is 12.0. The normalized spacial score (nSPS) is 17.3. The number of hydrogen-bond donors (Lipinski definition) is 3. The number of fused-ring (bicyclic) bond motifs is 1. The largest absolute Gasteiger partial charge is 0.392 e. The summed E-state index contributed by atoms with van der Waals surface area (Å²) in [5.74, 6) is 0. The predicted octanol–water partition coefficient (Wildman–Crippen LogP) is 3.18. The Morgan fingerprint density at radius 3 is 3.04 bits per heavy atom. The van der Waals surface area contributed by atoms with Crippen LogP contribution in [0.1, 0.15) is 18.4 Å². The van der Waals surface area contributed by atoms with E-state index in [9.17, 15) is 10.0 Å². The molecule has 1 aliphatic rings. The Bertz CT molecular complexity index is 968. The van der Waals surface area contributed by atoms with Crippen molar-refractivity contribution in [1.29, 1.82) is 0 Å². The molecule has 7 nitrogen and oxygen atoms in total. The average Bonchev–Trinajstić information content (AvgIpc) is 3.15. The summed E-state index contributed by atoms with van der Waals surface area (Å²) >= 11 is 0. The Morgan fingerprint density at radius 2 is 2.22 bits per heavy atom. The molecular formula is C20H24N5O2+. The van der Waals surface area contributed by atoms with Crippen molar-refractivity contribution in [2.24, 2.45) is 0 Å². The lowest BCUT2D eigenvalue weighted by Crippen LogP contribution is -2.42. The molecule has 1 aromatic heterocycles. The minimum Gasteiger partial charge on any atom is -0.392 e. The van der Waals surface area contributed by atoms with Gasteiger partial charge < -0.3 is 15.3 Å².